The molecule has 0 N–H and O–H groups in total. The molecule has 0 bridgehead atoms. The molecule has 0 aliphatic carbocycles. The average Bonchev–Trinajstić information content (AvgIpc) is 2.49. The molecule has 6 heteroatoms. The van der Waals surface area contributed by atoms with Crippen LogP contribution in [0.1, 0.15) is 5.56 Å². The second kappa shape index (κ2) is 6.09. The monoisotopic (exact) mass is 261 g/mol. The number of rotatable bonds is 1. The van der Waals surface area contributed by atoms with Gasteiger partial charge in [0.15, 0.2) is 0 Å². The van der Waals surface area contributed by atoms with Gasteiger partial charge in [-0.2, -0.15) is 0 Å². The molecule has 1 aromatic rings. The maximum Gasteiger partial charge on any atom is 1.00 e. The summed E-state index contributed by atoms with van der Waals surface area (Å²) < 4.78 is 12.6. The Balaban J connectivity index is 0.00000128. The number of hydrogen-bond donors (Lipinski definition) is 0. The van der Waals surface area contributed by atoms with Gasteiger partial charge in [-0.25, -0.2) is 4.39 Å². The van der Waals surface area contributed by atoms with Gasteiger partial charge >= 0.3 is 51.4 Å². The zero-order valence-corrected chi connectivity index (χ0v) is 12.4. The van der Waals surface area contributed by atoms with Crippen LogP contribution in [0.3, 0.4) is 0 Å². The van der Waals surface area contributed by atoms with E-state index in [0.29, 0.717) is 5.56 Å². The van der Waals surface area contributed by atoms with Gasteiger partial charge in [-0.3, -0.25) is 0 Å². The zero-order chi connectivity index (χ0) is 10.8. The van der Waals surface area contributed by atoms with Crippen molar-refractivity contribution in [1.29, 1.82) is 0 Å². The molecule has 1 fully saturated rings. The van der Waals surface area contributed by atoms with Crippen molar-refractivity contribution in [2.24, 2.45) is 0 Å². The van der Waals surface area contributed by atoms with E-state index in [9.17, 15) is 14.0 Å². The summed E-state index contributed by atoms with van der Waals surface area (Å²) in [6.45, 7) is 0. The summed E-state index contributed by atoms with van der Waals surface area (Å²) in [6.07, 6.45) is 1.51. The first-order chi connectivity index (χ1) is 7.15. The summed E-state index contributed by atoms with van der Waals surface area (Å²) in [5.74, 6) is -0.877. The van der Waals surface area contributed by atoms with Gasteiger partial charge < -0.3 is 14.9 Å². The molecule has 2 rings (SSSR count). The van der Waals surface area contributed by atoms with Crippen molar-refractivity contribution >= 4 is 29.0 Å². The molecule has 0 atom stereocenters. The molecular weight excluding hydrogens is 256 g/mol. The molecule has 1 heterocycles. The van der Waals surface area contributed by atoms with E-state index in [1.54, 1.807) is 0 Å². The maximum atomic E-state index is 12.6. The Hall–Kier alpha value is 0.0164. The third-order valence-corrected chi connectivity index (χ3v) is 2.55. The average molecular weight is 261 g/mol. The molecule has 0 radical (unpaired) electrons. The van der Waals surface area contributed by atoms with Crippen LogP contribution in [0.25, 0.3) is 11.4 Å². The molecule has 0 spiro atoms. The molecule has 1 saturated heterocycles. The summed E-state index contributed by atoms with van der Waals surface area (Å²) in [6, 6.07) is 5.63. The maximum absolute atomic E-state index is 12.6. The van der Waals surface area contributed by atoms with Crippen LogP contribution in [0.5, 0.6) is 0 Å². The van der Waals surface area contributed by atoms with Crippen molar-refractivity contribution < 1.29 is 65.4 Å². The van der Waals surface area contributed by atoms with Gasteiger partial charge in [0, 0.05) is 4.91 Å². The van der Waals surface area contributed by atoms with Crippen LogP contribution in [0.4, 0.5) is 9.18 Å². The van der Waals surface area contributed by atoms with Crippen LogP contribution in [0.2, 0.25) is 0 Å². The van der Waals surface area contributed by atoms with E-state index < -0.39 is 11.1 Å². The Labute approximate surface area is 138 Å². The molecule has 1 aromatic carbocycles. The summed E-state index contributed by atoms with van der Waals surface area (Å²) in [5, 5.41) is 2.72. The number of nitrogens with zero attached hydrogens (tertiary/aromatic N) is 1. The first-order valence-corrected chi connectivity index (χ1v) is 4.92. The van der Waals surface area contributed by atoms with Crippen LogP contribution in [0.15, 0.2) is 29.2 Å². The van der Waals surface area contributed by atoms with Crippen molar-refractivity contribution in [2.75, 3.05) is 0 Å². The molecule has 0 unspecified atom stereocenters. The number of amides is 2. The Bertz CT molecular complexity index is 458. The van der Waals surface area contributed by atoms with Gasteiger partial charge in [-0.1, -0.05) is 23.9 Å². The molecular formula is C10H5FKNO2S. The van der Waals surface area contributed by atoms with Crippen LogP contribution < -0.4 is 51.4 Å². The number of imide groups is 1. The smallest absolute Gasteiger partial charge is 0.581 e. The Kier molecular flexibility index (Phi) is 5.36. The second-order valence-electron chi connectivity index (χ2n) is 2.85. The molecule has 1 aliphatic heterocycles. The number of halogens is 1. The van der Waals surface area contributed by atoms with Gasteiger partial charge in [0.05, 0.1) is 5.91 Å². The molecule has 0 saturated carbocycles. The molecule has 76 valence electrons. The van der Waals surface area contributed by atoms with E-state index in [1.165, 1.54) is 30.3 Å². The molecule has 0 aromatic heterocycles. The van der Waals surface area contributed by atoms with Crippen LogP contribution in [-0.4, -0.2) is 11.1 Å². The molecule has 2 amide bonds. The predicted octanol–water partition coefficient (Wildman–Crippen LogP) is -0.0623. The van der Waals surface area contributed by atoms with E-state index in [1.807, 2.05) is 0 Å². The van der Waals surface area contributed by atoms with Gasteiger partial charge in [0.2, 0.25) is 0 Å². The van der Waals surface area contributed by atoms with Gasteiger partial charge in [-0.05, 0) is 23.8 Å². The number of carbonyl (C=O) groups excluding carboxylic acids is 2. The Morgan fingerprint density at radius 2 is 1.81 bits per heavy atom. The van der Waals surface area contributed by atoms with Crippen LogP contribution >= 0.6 is 11.8 Å². The molecule has 3 nitrogen and oxygen atoms in total. The minimum atomic E-state index is -0.533. The van der Waals surface area contributed by atoms with Gasteiger partial charge in [-0.15, -0.1) is 0 Å². The van der Waals surface area contributed by atoms with E-state index in [2.05, 4.69) is 5.32 Å². The van der Waals surface area contributed by atoms with E-state index in [0.717, 1.165) is 11.8 Å². The number of thioether (sulfide) groups is 1. The number of carbonyl (C=O) groups is 2. The Morgan fingerprint density at radius 1 is 1.19 bits per heavy atom. The summed E-state index contributed by atoms with van der Waals surface area (Å²) >= 11 is 0.785. The fraction of sp³-hybridized carbons (Fsp3) is 0. The number of hydrogen-bond acceptors (Lipinski definition) is 3. The van der Waals surface area contributed by atoms with Crippen molar-refractivity contribution in [2.45, 2.75) is 0 Å². The third kappa shape index (κ3) is 3.51. The standard InChI is InChI=1S/C10H6FNO2S.K/c11-7-3-1-6(2-4-7)5-8-9(13)12-10(14)15-8;/h1-5H,(H,12,13,14);/q;+1/p-1. The largest absolute Gasteiger partial charge is 1.00 e. The first kappa shape index (κ1) is 14.1. The van der Waals surface area contributed by atoms with Crippen molar-refractivity contribution in [3.8, 4) is 0 Å². The van der Waals surface area contributed by atoms with E-state index in [-0.39, 0.29) is 62.1 Å². The van der Waals surface area contributed by atoms with Crippen LogP contribution in [0, 0.1) is 5.82 Å². The summed E-state index contributed by atoms with van der Waals surface area (Å²) in [7, 11) is 0. The third-order valence-electron chi connectivity index (χ3n) is 1.77. The predicted molar refractivity (Wildman–Crippen MR) is 55.7 cm³/mol. The topological polar surface area (TPSA) is 48.2 Å². The van der Waals surface area contributed by atoms with Crippen LogP contribution in [-0.2, 0) is 4.79 Å². The fourth-order valence-electron chi connectivity index (χ4n) is 1.10. The van der Waals surface area contributed by atoms with Crippen molar-refractivity contribution in [3.05, 3.63) is 45.9 Å². The second-order valence-corrected chi connectivity index (χ2v) is 3.84. The van der Waals surface area contributed by atoms with E-state index in [4.69, 9.17) is 0 Å². The fourth-order valence-corrected chi connectivity index (χ4v) is 1.74. The molecule has 16 heavy (non-hydrogen) atoms. The summed E-state index contributed by atoms with van der Waals surface area (Å²) in [5.41, 5.74) is 0.664. The van der Waals surface area contributed by atoms with Crippen molar-refractivity contribution in [1.82, 2.24) is 0 Å². The van der Waals surface area contributed by atoms with Gasteiger partial charge in [0.25, 0.3) is 0 Å². The quantitative estimate of drug-likeness (QED) is 0.525. The summed E-state index contributed by atoms with van der Waals surface area (Å²) in [4.78, 5) is 22.2. The first-order valence-electron chi connectivity index (χ1n) is 4.10. The SMILES string of the molecule is O=C1[N-]C(=O)C(=Cc2ccc(F)cc2)S1.[K+]. The normalized spacial score (nSPS) is 17.2. The van der Waals surface area contributed by atoms with E-state index >= 15 is 0 Å². The number of benzene rings is 1. The zero-order valence-electron chi connectivity index (χ0n) is 8.44. The minimum absolute atomic E-state index is 0. The van der Waals surface area contributed by atoms with Gasteiger partial charge in [0.1, 0.15) is 11.1 Å². The minimum Gasteiger partial charge on any atom is -0.581 e. The van der Waals surface area contributed by atoms with Crippen molar-refractivity contribution in [3.63, 3.8) is 0 Å². The Morgan fingerprint density at radius 3 is 2.31 bits per heavy atom. The molecule has 1 aliphatic rings.